The predicted octanol–water partition coefficient (Wildman–Crippen LogP) is 4.34. The molecule has 0 aliphatic carbocycles. The lowest BCUT2D eigenvalue weighted by molar-refractivity contribution is -0.383. The van der Waals surface area contributed by atoms with Crippen molar-refractivity contribution < 1.29 is 19.2 Å². The highest BCUT2D eigenvalue weighted by Gasteiger charge is 2.17. The number of nitro groups is 1. The van der Waals surface area contributed by atoms with E-state index in [-0.39, 0.29) is 11.5 Å². The molecule has 2 rings (SSSR count). The highest BCUT2D eigenvalue weighted by Crippen LogP contribution is 2.34. The molecule has 25 heavy (non-hydrogen) atoms. The smallest absolute Gasteiger partial charge is 0.293 e. The van der Waals surface area contributed by atoms with E-state index in [1.54, 1.807) is 24.3 Å². The van der Waals surface area contributed by atoms with Crippen LogP contribution in [-0.4, -0.2) is 23.9 Å². The predicted molar refractivity (Wildman–Crippen MR) is 95.2 cm³/mol. The van der Waals surface area contributed by atoms with E-state index >= 15 is 0 Å². The molecule has 0 aromatic heterocycles. The summed E-state index contributed by atoms with van der Waals surface area (Å²) in [6.07, 6.45) is 0. The molecular formula is C18H20N2O5. The molecule has 0 saturated heterocycles. The topological polar surface area (TPSA) is 90.7 Å². The van der Waals surface area contributed by atoms with E-state index in [4.69, 9.17) is 9.47 Å². The number of benzene rings is 2. The van der Waals surface area contributed by atoms with E-state index in [2.05, 4.69) is 5.32 Å². The molecule has 7 heteroatoms. The van der Waals surface area contributed by atoms with Crippen LogP contribution in [0.15, 0.2) is 36.4 Å². The number of hydrogen-bond donors (Lipinski definition) is 1. The van der Waals surface area contributed by atoms with Gasteiger partial charge in [0.1, 0.15) is 5.69 Å². The summed E-state index contributed by atoms with van der Waals surface area (Å²) in [7, 11) is 0. The lowest BCUT2D eigenvalue weighted by atomic mass is 10.1. The third-order valence-corrected chi connectivity index (χ3v) is 3.42. The van der Waals surface area contributed by atoms with Crippen molar-refractivity contribution >= 4 is 22.8 Å². The molecule has 0 aliphatic rings. The fourth-order valence-corrected chi connectivity index (χ4v) is 2.29. The van der Waals surface area contributed by atoms with Gasteiger partial charge in [0, 0.05) is 23.4 Å². The van der Waals surface area contributed by atoms with Crippen molar-refractivity contribution in [3.05, 3.63) is 52.1 Å². The van der Waals surface area contributed by atoms with Gasteiger partial charge in [-0.05, 0) is 45.0 Å². The van der Waals surface area contributed by atoms with Crippen LogP contribution in [0.5, 0.6) is 11.5 Å². The number of nitro benzene ring substituents is 1. The Balaban J connectivity index is 2.37. The largest absolute Gasteiger partial charge is 0.490 e. The van der Waals surface area contributed by atoms with E-state index in [0.717, 1.165) is 0 Å². The Morgan fingerprint density at radius 3 is 2.36 bits per heavy atom. The fraction of sp³-hybridized carbons (Fsp3) is 0.278. The average Bonchev–Trinajstić information content (AvgIpc) is 2.57. The van der Waals surface area contributed by atoms with Crippen molar-refractivity contribution in [1.82, 2.24) is 0 Å². The number of ketones is 1. The van der Waals surface area contributed by atoms with E-state index in [0.29, 0.717) is 41.7 Å². The van der Waals surface area contributed by atoms with Gasteiger partial charge in [0.15, 0.2) is 17.3 Å². The normalized spacial score (nSPS) is 10.2. The molecule has 0 radical (unpaired) electrons. The van der Waals surface area contributed by atoms with E-state index in [1.165, 1.54) is 19.1 Å². The van der Waals surface area contributed by atoms with Crippen LogP contribution < -0.4 is 14.8 Å². The Labute approximate surface area is 145 Å². The molecule has 0 amide bonds. The minimum atomic E-state index is -0.521. The number of hydrogen-bond acceptors (Lipinski definition) is 6. The average molecular weight is 344 g/mol. The number of nitrogens with one attached hydrogen (secondary N) is 1. The Kier molecular flexibility index (Phi) is 5.94. The first-order valence-corrected chi connectivity index (χ1v) is 7.92. The first-order chi connectivity index (χ1) is 12.0. The zero-order valence-electron chi connectivity index (χ0n) is 14.4. The van der Waals surface area contributed by atoms with Gasteiger partial charge in [-0.1, -0.05) is 0 Å². The summed E-state index contributed by atoms with van der Waals surface area (Å²) in [5.74, 6) is 0.933. The fourth-order valence-electron chi connectivity index (χ4n) is 2.29. The van der Waals surface area contributed by atoms with Crippen molar-refractivity contribution in [2.24, 2.45) is 0 Å². The van der Waals surface area contributed by atoms with Crippen LogP contribution in [0.25, 0.3) is 0 Å². The SMILES string of the molecule is CCOc1ccc(Nc2ccc(C(C)=O)cc2[N+](=O)[O-])cc1OCC. The Morgan fingerprint density at radius 1 is 1.08 bits per heavy atom. The molecule has 0 unspecified atom stereocenters. The second-order valence-electron chi connectivity index (χ2n) is 5.20. The minimum Gasteiger partial charge on any atom is -0.490 e. The third kappa shape index (κ3) is 4.47. The summed E-state index contributed by atoms with van der Waals surface area (Å²) in [6, 6.07) is 9.55. The van der Waals surface area contributed by atoms with Gasteiger partial charge < -0.3 is 14.8 Å². The van der Waals surface area contributed by atoms with Gasteiger partial charge >= 0.3 is 0 Å². The molecule has 0 aliphatic heterocycles. The Morgan fingerprint density at radius 2 is 1.76 bits per heavy atom. The summed E-state index contributed by atoms with van der Waals surface area (Å²) in [4.78, 5) is 22.2. The first kappa shape index (κ1) is 18.3. The molecule has 7 nitrogen and oxygen atoms in total. The van der Waals surface area contributed by atoms with Crippen molar-refractivity contribution in [3.63, 3.8) is 0 Å². The van der Waals surface area contributed by atoms with Gasteiger partial charge in [-0.15, -0.1) is 0 Å². The maximum Gasteiger partial charge on any atom is 0.293 e. The molecule has 2 aromatic carbocycles. The number of Topliss-reactive ketones (excluding diaryl/α,β-unsaturated/α-hetero) is 1. The number of carbonyl (C=O) groups excluding carboxylic acids is 1. The molecule has 0 heterocycles. The second-order valence-corrected chi connectivity index (χ2v) is 5.20. The van der Waals surface area contributed by atoms with Gasteiger partial charge in [-0.3, -0.25) is 14.9 Å². The minimum absolute atomic E-state index is 0.167. The van der Waals surface area contributed by atoms with Gasteiger partial charge in [0.25, 0.3) is 5.69 Å². The number of ether oxygens (including phenoxy) is 2. The van der Waals surface area contributed by atoms with Crippen LogP contribution in [-0.2, 0) is 0 Å². The molecule has 2 aromatic rings. The highest BCUT2D eigenvalue weighted by atomic mass is 16.6. The lowest BCUT2D eigenvalue weighted by Gasteiger charge is -2.14. The molecule has 0 bridgehead atoms. The van der Waals surface area contributed by atoms with E-state index in [1.807, 2.05) is 13.8 Å². The number of carbonyl (C=O) groups is 1. The lowest BCUT2D eigenvalue weighted by Crippen LogP contribution is -2.02. The number of anilines is 2. The standard InChI is InChI=1S/C18H20N2O5/c1-4-24-17-9-7-14(11-18(17)25-5-2)19-15-8-6-13(12(3)21)10-16(15)20(22)23/h6-11,19H,4-5H2,1-3H3. The monoisotopic (exact) mass is 344 g/mol. The van der Waals surface area contributed by atoms with Crippen LogP contribution >= 0.6 is 0 Å². The van der Waals surface area contributed by atoms with Crippen molar-refractivity contribution in [3.8, 4) is 11.5 Å². The Hall–Kier alpha value is -3.09. The summed E-state index contributed by atoms with van der Waals surface area (Å²) >= 11 is 0. The van der Waals surface area contributed by atoms with Crippen molar-refractivity contribution in [1.29, 1.82) is 0 Å². The van der Waals surface area contributed by atoms with Gasteiger partial charge in [-0.25, -0.2) is 0 Å². The summed E-state index contributed by atoms with van der Waals surface area (Å²) < 4.78 is 11.1. The van der Waals surface area contributed by atoms with E-state index < -0.39 is 4.92 Å². The van der Waals surface area contributed by atoms with Gasteiger partial charge in [-0.2, -0.15) is 0 Å². The summed E-state index contributed by atoms with van der Waals surface area (Å²) in [5, 5.41) is 14.3. The van der Waals surface area contributed by atoms with Crippen LogP contribution in [0, 0.1) is 10.1 Å². The molecule has 0 fully saturated rings. The highest BCUT2D eigenvalue weighted by molar-refractivity contribution is 5.95. The quantitative estimate of drug-likeness (QED) is 0.435. The number of rotatable bonds is 8. The maximum absolute atomic E-state index is 11.4. The van der Waals surface area contributed by atoms with Crippen LogP contribution in [0.4, 0.5) is 17.1 Å². The van der Waals surface area contributed by atoms with Crippen molar-refractivity contribution in [2.75, 3.05) is 18.5 Å². The van der Waals surface area contributed by atoms with Crippen LogP contribution in [0.2, 0.25) is 0 Å². The molecular weight excluding hydrogens is 324 g/mol. The molecule has 132 valence electrons. The zero-order chi connectivity index (χ0) is 18.4. The third-order valence-electron chi connectivity index (χ3n) is 3.42. The second kappa shape index (κ2) is 8.14. The van der Waals surface area contributed by atoms with Crippen molar-refractivity contribution in [2.45, 2.75) is 20.8 Å². The van der Waals surface area contributed by atoms with Crippen LogP contribution in [0.3, 0.4) is 0 Å². The summed E-state index contributed by atoms with van der Waals surface area (Å²) in [6.45, 7) is 6.08. The maximum atomic E-state index is 11.4. The van der Waals surface area contributed by atoms with Gasteiger partial charge in [0.2, 0.25) is 0 Å². The Bertz CT molecular complexity index is 789. The molecule has 0 atom stereocenters. The zero-order valence-corrected chi connectivity index (χ0v) is 14.4. The van der Waals surface area contributed by atoms with Crippen LogP contribution in [0.1, 0.15) is 31.1 Å². The molecule has 1 N–H and O–H groups in total. The molecule has 0 spiro atoms. The summed E-state index contributed by atoms with van der Waals surface area (Å²) in [5.41, 5.74) is 1.03. The van der Waals surface area contributed by atoms with Gasteiger partial charge in [0.05, 0.1) is 18.1 Å². The first-order valence-electron chi connectivity index (χ1n) is 7.92. The van der Waals surface area contributed by atoms with E-state index in [9.17, 15) is 14.9 Å². The number of nitrogens with zero attached hydrogens (tertiary/aromatic N) is 1. The molecule has 0 saturated carbocycles.